The Kier molecular flexibility index (Phi) is 5.66. The first-order chi connectivity index (χ1) is 8.11. The molecule has 0 aliphatic heterocycles. The van der Waals surface area contributed by atoms with E-state index in [9.17, 15) is 0 Å². The Morgan fingerprint density at radius 2 is 1.82 bits per heavy atom. The molecule has 2 nitrogen and oxygen atoms in total. The molecule has 0 aliphatic rings. The summed E-state index contributed by atoms with van der Waals surface area (Å²) in [7, 11) is 2.18. The van der Waals surface area contributed by atoms with Gasteiger partial charge in [-0.1, -0.05) is 31.5 Å². The molecular formula is C15H26N2. The van der Waals surface area contributed by atoms with E-state index in [0.29, 0.717) is 12.6 Å². The lowest BCUT2D eigenvalue weighted by Crippen LogP contribution is -2.32. The Labute approximate surface area is 106 Å². The van der Waals surface area contributed by atoms with Crippen molar-refractivity contribution in [2.75, 3.05) is 20.1 Å². The van der Waals surface area contributed by atoms with Crippen LogP contribution in [0.1, 0.15) is 42.5 Å². The van der Waals surface area contributed by atoms with Gasteiger partial charge in [0.05, 0.1) is 0 Å². The van der Waals surface area contributed by atoms with E-state index in [4.69, 9.17) is 5.73 Å². The van der Waals surface area contributed by atoms with Crippen LogP contribution in [0.15, 0.2) is 18.2 Å². The highest BCUT2D eigenvalue weighted by Crippen LogP contribution is 2.25. The van der Waals surface area contributed by atoms with Gasteiger partial charge in [-0.25, -0.2) is 0 Å². The molecule has 0 radical (unpaired) electrons. The van der Waals surface area contributed by atoms with Crippen molar-refractivity contribution in [3.05, 3.63) is 34.9 Å². The number of unbranched alkanes of at least 4 members (excludes halogenated alkanes) is 1. The van der Waals surface area contributed by atoms with E-state index in [2.05, 4.69) is 50.9 Å². The second-order valence-electron chi connectivity index (χ2n) is 4.89. The molecule has 2 N–H and O–H groups in total. The molecule has 0 aliphatic carbocycles. The van der Waals surface area contributed by atoms with Crippen molar-refractivity contribution in [3.63, 3.8) is 0 Å². The minimum Gasteiger partial charge on any atom is -0.329 e. The molecule has 0 saturated carbocycles. The lowest BCUT2D eigenvalue weighted by molar-refractivity contribution is 0.245. The molecule has 0 bridgehead atoms. The summed E-state index contributed by atoms with van der Waals surface area (Å²) in [5, 5.41) is 0. The van der Waals surface area contributed by atoms with Gasteiger partial charge in [-0.05, 0) is 50.6 Å². The topological polar surface area (TPSA) is 29.3 Å². The molecule has 1 aromatic carbocycles. The first-order valence-corrected chi connectivity index (χ1v) is 6.58. The summed E-state index contributed by atoms with van der Waals surface area (Å²) in [6, 6.07) is 6.83. The zero-order valence-electron chi connectivity index (χ0n) is 11.7. The molecule has 96 valence electrons. The summed E-state index contributed by atoms with van der Waals surface area (Å²) < 4.78 is 0. The monoisotopic (exact) mass is 234 g/mol. The summed E-state index contributed by atoms with van der Waals surface area (Å²) in [5.74, 6) is 0. The van der Waals surface area contributed by atoms with Crippen LogP contribution in [0.5, 0.6) is 0 Å². The SMILES string of the molecule is CCCCN(C)C(CN)c1c(C)cccc1C. The standard InChI is InChI=1S/C15H26N2/c1-5-6-10-17(4)14(11-16)15-12(2)8-7-9-13(15)3/h7-9,14H,5-6,10-11,16H2,1-4H3. The highest BCUT2D eigenvalue weighted by Gasteiger charge is 2.18. The van der Waals surface area contributed by atoms with Crippen molar-refractivity contribution >= 4 is 0 Å². The zero-order chi connectivity index (χ0) is 12.8. The number of hydrogen-bond donors (Lipinski definition) is 1. The molecule has 17 heavy (non-hydrogen) atoms. The first-order valence-electron chi connectivity index (χ1n) is 6.58. The fraction of sp³-hybridized carbons (Fsp3) is 0.600. The zero-order valence-corrected chi connectivity index (χ0v) is 11.7. The maximum atomic E-state index is 5.97. The number of likely N-dealkylation sites (N-methyl/N-ethyl adjacent to an activating group) is 1. The van der Waals surface area contributed by atoms with E-state index in [-0.39, 0.29) is 0 Å². The van der Waals surface area contributed by atoms with Gasteiger partial charge < -0.3 is 5.73 Å². The van der Waals surface area contributed by atoms with Crippen LogP contribution < -0.4 is 5.73 Å². The van der Waals surface area contributed by atoms with Crippen LogP contribution in [-0.4, -0.2) is 25.0 Å². The van der Waals surface area contributed by atoms with Crippen LogP contribution >= 0.6 is 0 Å². The van der Waals surface area contributed by atoms with Gasteiger partial charge in [0.1, 0.15) is 0 Å². The minimum atomic E-state index is 0.350. The van der Waals surface area contributed by atoms with E-state index in [0.717, 1.165) is 6.54 Å². The second kappa shape index (κ2) is 6.77. The van der Waals surface area contributed by atoms with Crippen molar-refractivity contribution in [2.45, 2.75) is 39.7 Å². The third kappa shape index (κ3) is 3.55. The summed E-state index contributed by atoms with van der Waals surface area (Å²) in [6.45, 7) is 8.39. The fourth-order valence-corrected chi connectivity index (χ4v) is 2.43. The molecule has 0 heterocycles. The quantitative estimate of drug-likeness (QED) is 0.819. The molecule has 1 atom stereocenters. The number of nitrogens with zero attached hydrogens (tertiary/aromatic N) is 1. The highest BCUT2D eigenvalue weighted by molar-refractivity contribution is 5.36. The van der Waals surface area contributed by atoms with Gasteiger partial charge >= 0.3 is 0 Å². The molecule has 1 unspecified atom stereocenters. The third-order valence-corrected chi connectivity index (χ3v) is 3.50. The first kappa shape index (κ1) is 14.2. The van der Waals surface area contributed by atoms with Crippen LogP contribution in [0.3, 0.4) is 0 Å². The van der Waals surface area contributed by atoms with Crippen molar-refractivity contribution in [2.24, 2.45) is 5.73 Å². The van der Waals surface area contributed by atoms with E-state index < -0.39 is 0 Å². The van der Waals surface area contributed by atoms with Gasteiger partial charge in [-0.2, -0.15) is 0 Å². The molecule has 0 aromatic heterocycles. The van der Waals surface area contributed by atoms with Crippen LogP contribution in [0.2, 0.25) is 0 Å². The van der Waals surface area contributed by atoms with Crippen molar-refractivity contribution in [1.29, 1.82) is 0 Å². The van der Waals surface area contributed by atoms with Gasteiger partial charge in [0.15, 0.2) is 0 Å². The normalized spacial score (nSPS) is 13.1. The van der Waals surface area contributed by atoms with Crippen molar-refractivity contribution < 1.29 is 0 Å². The molecule has 0 spiro atoms. The fourth-order valence-electron chi connectivity index (χ4n) is 2.43. The molecule has 0 saturated heterocycles. The summed E-state index contributed by atoms with van der Waals surface area (Å²) in [4.78, 5) is 2.39. The Morgan fingerprint density at radius 1 is 1.24 bits per heavy atom. The number of nitrogens with two attached hydrogens (primary N) is 1. The number of aryl methyl sites for hydroxylation is 2. The summed E-state index contributed by atoms with van der Waals surface area (Å²) in [5.41, 5.74) is 10.1. The molecule has 0 fully saturated rings. The molecule has 0 amide bonds. The van der Waals surface area contributed by atoms with Crippen LogP contribution in [0.25, 0.3) is 0 Å². The van der Waals surface area contributed by atoms with Gasteiger partial charge in [0.25, 0.3) is 0 Å². The van der Waals surface area contributed by atoms with Crippen molar-refractivity contribution in [3.8, 4) is 0 Å². The largest absolute Gasteiger partial charge is 0.329 e. The van der Waals surface area contributed by atoms with Crippen LogP contribution in [0, 0.1) is 13.8 Å². The van der Waals surface area contributed by atoms with Crippen LogP contribution in [0.4, 0.5) is 0 Å². The lowest BCUT2D eigenvalue weighted by Gasteiger charge is -2.29. The number of hydrogen-bond acceptors (Lipinski definition) is 2. The summed E-state index contributed by atoms with van der Waals surface area (Å²) in [6.07, 6.45) is 2.46. The number of benzene rings is 1. The highest BCUT2D eigenvalue weighted by atomic mass is 15.1. The van der Waals surface area contributed by atoms with Gasteiger partial charge in [-0.3, -0.25) is 4.90 Å². The third-order valence-electron chi connectivity index (χ3n) is 3.50. The predicted molar refractivity (Wildman–Crippen MR) is 75.2 cm³/mol. The van der Waals surface area contributed by atoms with Crippen molar-refractivity contribution in [1.82, 2.24) is 4.90 Å². The minimum absolute atomic E-state index is 0.350. The van der Waals surface area contributed by atoms with E-state index in [1.54, 1.807) is 0 Å². The Bertz CT molecular complexity index is 327. The molecule has 1 rings (SSSR count). The lowest BCUT2D eigenvalue weighted by atomic mass is 9.95. The van der Waals surface area contributed by atoms with Gasteiger partial charge in [0.2, 0.25) is 0 Å². The van der Waals surface area contributed by atoms with E-state index in [1.807, 2.05) is 0 Å². The Morgan fingerprint density at radius 3 is 2.29 bits per heavy atom. The smallest absolute Gasteiger partial charge is 0.0472 e. The van der Waals surface area contributed by atoms with E-state index >= 15 is 0 Å². The Hall–Kier alpha value is -0.860. The predicted octanol–water partition coefficient (Wildman–Crippen LogP) is 3.04. The average molecular weight is 234 g/mol. The molecule has 1 aromatic rings. The second-order valence-corrected chi connectivity index (χ2v) is 4.89. The number of rotatable bonds is 6. The Balaban J connectivity index is 2.93. The van der Waals surface area contributed by atoms with Crippen LogP contribution in [-0.2, 0) is 0 Å². The van der Waals surface area contributed by atoms with Gasteiger partial charge in [0, 0.05) is 12.6 Å². The maximum Gasteiger partial charge on any atom is 0.0472 e. The molecule has 2 heteroatoms. The molecular weight excluding hydrogens is 208 g/mol. The average Bonchev–Trinajstić information content (AvgIpc) is 2.31. The summed E-state index contributed by atoms with van der Waals surface area (Å²) >= 11 is 0. The maximum absolute atomic E-state index is 5.97. The van der Waals surface area contributed by atoms with E-state index in [1.165, 1.54) is 29.5 Å². The van der Waals surface area contributed by atoms with Gasteiger partial charge in [-0.15, -0.1) is 0 Å².